The summed E-state index contributed by atoms with van der Waals surface area (Å²) in [5.74, 6) is 1.49. The molecule has 1 aromatic heterocycles. The topological polar surface area (TPSA) is 72.4 Å². The molecule has 5 nitrogen and oxygen atoms in total. The zero-order valence-corrected chi connectivity index (χ0v) is 8.37. The van der Waals surface area contributed by atoms with Crippen molar-refractivity contribution in [3.05, 3.63) is 18.0 Å². The molecule has 6 heteroatoms. The highest BCUT2D eigenvalue weighted by Crippen LogP contribution is 2.21. The Morgan fingerprint density at radius 2 is 2.71 bits per heavy atom. The number of hydrogen-bond acceptors (Lipinski definition) is 5. The van der Waals surface area contributed by atoms with E-state index in [-0.39, 0.29) is 11.9 Å². The minimum atomic E-state index is -0.0980. The molecule has 0 spiro atoms. The van der Waals surface area contributed by atoms with Crippen molar-refractivity contribution in [2.45, 2.75) is 6.04 Å². The van der Waals surface area contributed by atoms with Crippen molar-refractivity contribution in [2.24, 2.45) is 5.73 Å². The number of rotatable bonds is 2. The van der Waals surface area contributed by atoms with Gasteiger partial charge in [0.2, 0.25) is 0 Å². The average Bonchev–Trinajstić information content (AvgIpc) is 2.87. The first-order valence-electron chi connectivity index (χ1n) is 4.32. The summed E-state index contributed by atoms with van der Waals surface area (Å²) in [7, 11) is 0. The van der Waals surface area contributed by atoms with Gasteiger partial charge in [0.25, 0.3) is 5.91 Å². The van der Waals surface area contributed by atoms with Crippen molar-refractivity contribution < 1.29 is 9.32 Å². The number of amides is 1. The van der Waals surface area contributed by atoms with Crippen LogP contribution in [0.2, 0.25) is 0 Å². The van der Waals surface area contributed by atoms with E-state index in [1.807, 2.05) is 0 Å². The maximum Gasteiger partial charge on any atom is 0.277 e. The average molecular weight is 213 g/mol. The lowest BCUT2D eigenvalue weighted by molar-refractivity contribution is 0.0742. The Balaban J connectivity index is 2.11. The molecule has 1 unspecified atom stereocenters. The highest BCUT2D eigenvalue weighted by Gasteiger charge is 2.29. The van der Waals surface area contributed by atoms with Gasteiger partial charge in [-0.3, -0.25) is 4.79 Å². The van der Waals surface area contributed by atoms with Crippen LogP contribution in [0.15, 0.2) is 16.9 Å². The van der Waals surface area contributed by atoms with Crippen LogP contribution >= 0.6 is 11.8 Å². The fourth-order valence-corrected chi connectivity index (χ4v) is 2.59. The number of nitrogens with zero attached hydrogens (tertiary/aromatic N) is 2. The first kappa shape index (κ1) is 9.54. The molecule has 1 fully saturated rings. The molecular weight excluding hydrogens is 202 g/mol. The van der Waals surface area contributed by atoms with Crippen LogP contribution < -0.4 is 5.73 Å². The monoisotopic (exact) mass is 213 g/mol. The van der Waals surface area contributed by atoms with Crippen molar-refractivity contribution in [3.63, 3.8) is 0 Å². The predicted molar refractivity (Wildman–Crippen MR) is 52.8 cm³/mol. The van der Waals surface area contributed by atoms with Gasteiger partial charge in [-0.1, -0.05) is 5.16 Å². The number of hydrogen-bond donors (Lipinski definition) is 1. The summed E-state index contributed by atoms with van der Waals surface area (Å²) < 4.78 is 4.63. The van der Waals surface area contributed by atoms with Crippen molar-refractivity contribution in [2.75, 3.05) is 18.2 Å². The number of aromatic nitrogens is 1. The van der Waals surface area contributed by atoms with Crippen molar-refractivity contribution in [1.82, 2.24) is 10.1 Å². The number of nitrogens with two attached hydrogens (primary N) is 1. The molecular formula is C8H11N3O2S. The molecule has 0 bridgehead atoms. The molecule has 1 atom stereocenters. The lowest BCUT2D eigenvalue weighted by Crippen LogP contribution is -2.41. The molecule has 1 aliphatic rings. The van der Waals surface area contributed by atoms with Crippen molar-refractivity contribution in [1.29, 1.82) is 0 Å². The Hall–Kier alpha value is -1.01. The van der Waals surface area contributed by atoms with E-state index >= 15 is 0 Å². The molecule has 0 aromatic carbocycles. The van der Waals surface area contributed by atoms with Gasteiger partial charge < -0.3 is 15.2 Å². The number of carbonyl (C=O) groups is 1. The normalized spacial score (nSPS) is 21.5. The van der Waals surface area contributed by atoms with E-state index in [4.69, 9.17) is 5.73 Å². The summed E-state index contributed by atoms with van der Waals surface area (Å²) in [5, 5.41) is 3.61. The standard InChI is InChI=1S/C8H11N3O2S/c9-3-6-4-14-5-11(6)8(12)7-1-2-13-10-7/h1-2,6H,3-5,9H2. The first-order valence-corrected chi connectivity index (χ1v) is 5.47. The molecule has 2 heterocycles. The summed E-state index contributed by atoms with van der Waals surface area (Å²) >= 11 is 1.71. The fourth-order valence-electron chi connectivity index (χ4n) is 1.37. The zero-order valence-electron chi connectivity index (χ0n) is 7.55. The second kappa shape index (κ2) is 4.02. The third kappa shape index (κ3) is 1.62. The molecule has 0 radical (unpaired) electrons. The van der Waals surface area contributed by atoms with E-state index < -0.39 is 0 Å². The van der Waals surface area contributed by atoms with Crippen molar-refractivity contribution in [3.8, 4) is 0 Å². The Morgan fingerprint density at radius 1 is 1.86 bits per heavy atom. The maximum absolute atomic E-state index is 11.8. The predicted octanol–water partition coefficient (Wildman–Crippen LogP) is 0.148. The van der Waals surface area contributed by atoms with E-state index in [1.54, 1.807) is 22.7 Å². The first-order chi connectivity index (χ1) is 6.83. The van der Waals surface area contributed by atoms with Gasteiger partial charge in [-0.25, -0.2) is 0 Å². The number of thioether (sulfide) groups is 1. The minimum Gasteiger partial charge on any atom is -0.364 e. The summed E-state index contributed by atoms with van der Waals surface area (Å²) in [5.41, 5.74) is 5.92. The maximum atomic E-state index is 11.8. The van der Waals surface area contributed by atoms with E-state index in [0.29, 0.717) is 18.1 Å². The largest absolute Gasteiger partial charge is 0.364 e. The molecule has 2 rings (SSSR count). The molecule has 2 N–H and O–H groups in total. The van der Waals surface area contributed by atoms with E-state index in [2.05, 4.69) is 9.68 Å². The van der Waals surface area contributed by atoms with Gasteiger partial charge in [0.15, 0.2) is 5.69 Å². The van der Waals surface area contributed by atoms with Crippen molar-refractivity contribution >= 4 is 17.7 Å². The molecule has 1 amide bonds. The van der Waals surface area contributed by atoms with Gasteiger partial charge in [-0.05, 0) is 0 Å². The summed E-state index contributed by atoms with van der Waals surface area (Å²) in [6, 6.07) is 1.70. The smallest absolute Gasteiger partial charge is 0.277 e. The van der Waals surface area contributed by atoms with Crippen LogP contribution in [0.25, 0.3) is 0 Å². The Bertz CT molecular complexity index is 314. The van der Waals surface area contributed by atoms with Crippen LogP contribution in [0.4, 0.5) is 0 Å². The molecule has 14 heavy (non-hydrogen) atoms. The molecule has 0 aliphatic carbocycles. The van der Waals surface area contributed by atoms with E-state index in [0.717, 1.165) is 5.75 Å². The van der Waals surface area contributed by atoms with Gasteiger partial charge in [0, 0.05) is 18.4 Å². The summed E-state index contributed by atoms with van der Waals surface area (Å²) in [6.07, 6.45) is 1.40. The van der Waals surface area contributed by atoms with E-state index in [9.17, 15) is 4.79 Å². The van der Waals surface area contributed by atoms with Crippen LogP contribution in [0.1, 0.15) is 10.5 Å². The zero-order chi connectivity index (χ0) is 9.97. The van der Waals surface area contributed by atoms with E-state index in [1.165, 1.54) is 6.26 Å². The van der Waals surface area contributed by atoms with Crippen LogP contribution in [-0.2, 0) is 0 Å². The second-order valence-corrected chi connectivity index (χ2v) is 4.05. The molecule has 0 saturated carbocycles. The second-order valence-electron chi connectivity index (χ2n) is 3.05. The SMILES string of the molecule is NCC1CSCN1C(=O)c1ccon1. The lowest BCUT2D eigenvalue weighted by Gasteiger charge is -2.20. The van der Waals surface area contributed by atoms with Crippen LogP contribution in [0.5, 0.6) is 0 Å². The lowest BCUT2D eigenvalue weighted by atomic mass is 10.2. The molecule has 1 aliphatic heterocycles. The van der Waals surface area contributed by atoms with Gasteiger partial charge >= 0.3 is 0 Å². The summed E-state index contributed by atoms with van der Waals surface area (Å²) in [4.78, 5) is 13.6. The minimum absolute atomic E-state index is 0.0980. The molecule has 1 saturated heterocycles. The molecule has 76 valence electrons. The van der Waals surface area contributed by atoms with Gasteiger partial charge in [-0.2, -0.15) is 0 Å². The highest BCUT2D eigenvalue weighted by molar-refractivity contribution is 7.99. The van der Waals surface area contributed by atoms with Gasteiger partial charge in [0.05, 0.1) is 11.9 Å². The fraction of sp³-hybridized carbons (Fsp3) is 0.500. The highest BCUT2D eigenvalue weighted by atomic mass is 32.2. The Morgan fingerprint density at radius 3 is 3.36 bits per heavy atom. The van der Waals surface area contributed by atoms with Crippen LogP contribution in [0.3, 0.4) is 0 Å². The van der Waals surface area contributed by atoms with Crippen LogP contribution in [-0.4, -0.2) is 40.2 Å². The molecule has 1 aromatic rings. The van der Waals surface area contributed by atoms with Gasteiger partial charge in [-0.15, -0.1) is 11.8 Å². The Labute approximate surface area is 85.6 Å². The van der Waals surface area contributed by atoms with Crippen LogP contribution in [0, 0.1) is 0 Å². The van der Waals surface area contributed by atoms with Gasteiger partial charge in [0.1, 0.15) is 6.26 Å². The summed E-state index contributed by atoms with van der Waals surface area (Å²) in [6.45, 7) is 0.497. The Kier molecular flexibility index (Phi) is 2.74. The number of carbonyl (C=O) groups excluding carboxylic acids is 1. The third-order valence-electron chi connectivity index (χ3n) is 2.17. The quantitative estimate of drug-likeness (QED) is 0.757. The third-order valence-corrected chi connectivity index (χ3v) is 3.25.